The number of hydrogen-bond donors (Lipinski definition) is 3. The van der Waals surface area contributed by atoms with E-state index in [2.05, 4.69) is 20.9 Å². The number of nitrogens with zero attached hydrogens (tertiary/aromatic N) is 1. The highest BCUT2D eigenvalue weighted by atomic mass is 32.2. The van der Waals surface area contributed by atoms with Crippen LogP contribution in [0.4, 0.5) is 14.5 Å². The predicted molar refractivity (Wildman–Crippen MR) is 107 cm³/mol. The Morgan fingerprint density at radius 1 is 1.07 bits per heavy atom. The van der Waals surface area contributed by atoms with Gasteiger partial charge in [0.25, 0.3) is 0 Å². The minimum absolute atomic E-state index is 0.0305. The Morgan fingerprint density at radius 3 is 2.56 bits per heavy atom. The number of aliphatic imine (C=N–C) groups is 1. The molecular formula is C19H22F2N4OS. The topological polar surface area (TPSA) is 65.5 Å². The fraction of sp³-hybridized carbons (Fsp3) is 0.263. The number of thioether (sulfide) groups is 1. The molecule has 144 valence electrons. The molecule has 0 aromatic heterocycles. The second kappa shape index (κ2) is 10.5. The van der Waals surface area contributed by atoms with Crippen LogP contribution in [0.5, 0.6) is 0 Å². The average Bonchev–Trinajstić information content (AvgIpc) is 2.63. The van der Waals surface area contributed by atoms with Gasteiger partial charge in [-0.3, -0.25) is 9.79 Å². The maximum atomic E-state index is 13.4. The number of nitrogens with one attached hydrogen (secondary N) is 3. The first-order valence-electron chi connectivity index (χ1n) is 8.28. The Morgan fingerprint density at radius 2 is 1.85 bits per heavy atom. The summed E-state index contributed by atoms with van der Waals surface area (Å²) in [6.07, 6.45) is 1.96. The molecule has 5 nitrogen and oxygen atoms in total. The van der Waals surface area contributed by atoms with E-state index in [1.165, 1.54) is 30.3 Å². The van der Waals surface area contributed by atoms with Crippen molar-refractivity contribution in [1.29, 1.82) is 0 Å². The summed E-state index contributed by atoms with van der Waals surface area (Å²) in [7, 11) is 1.59. The maximum absolute atomic E-state index is 13.4. The number of rotatable bonds is 7. The van der Waals surface area contributed by atoms with Gasteiger partial charge in [-0.05, 0) is 47.7 Å². The Hall–Kier alpha value is -2.61. The molecule has 27 heavy (non-hydrogen) atoms. The van der Waals surface area contributed by atoms with Gasteiger partial charge >= 0.3 is 0 Å². The van der Waals surface area contributed by atoms with Gasteiger partial charge in [0.2, 0.25) is 5.91 Å². The Bertz CT molecular complexity index is 814. The van der Waals surface area contributed by atoms with Crippen LogP contribution in [0.1, 0.15) is 11.1 Å². The molecule has 0 bridgehead atoms. The second-order valence-electron chi connectivity index (χ2n) is 5.68. The van der Waals surface area contributed by atoms with Gasteiger partial charge in [0.1, 0.15) is 11.6 Å². The molecular weight excluding hydrogens is 370 g/mol. The number of carbonyl (C=O) groups excluding carboxylic acids is 1. The molecule has 0 aliphatic rings. The molecule has 8 heteroatoms. The number of hydrogen-bond acceptors (Lipinski definition) is 3. The van der Waals surface area contributed by atoms with Crippen LogP contribution in [0, 0.1) is 11.6 Å². The van der Waals surface area contributed by atoms with Crippen molar-refractivity contribution >= 4 is 29.3 Å². The van der Waals surface area contributed by atoms with Gasteiger partial charge in [-0.1, -0.05) is 12.1 Å². The summed E-state index contributed by atoms with van der Waals surface area (Å²) in [6.45, 7) is 0.415. The van der Waals surface area contributed by atoms with Crippen LogP contribution >= 0.6 is 11.8 Å². The van der Waals surface area contributed by atoms with E-state index in [-0.39, 0.29) is 18.3 Å². The van der Waals surface area contributed by atoms with Crippen molar-refractivity contribution in [3.63, 3.8) is 0 Å². The van der Waals surface area contributed by atoms with Gasteiger partial charge in [0.15, 0.2) is 5.96 Å². The molecule has 2 aromatic carbocycles. The molecule has 1 amide bonds. The fourth-order valence-corrected chi connectivity index (χ4v) is 2.97. The largest absolute Gasteiger partial charge is 0.352 e. The Balaban J connectivity index is 1.86. The van der Waals surface area contributed by atoms with Crippen LogP contribution < -0.4 is 16.0 Å². The average molecular weight is 392 g/mol. The smallest absolute Gasteiger partial charge is 0.243 e. The molecule has 0 fully saturated rings. The first-order valence-corrected chi connectivity index (χ1v) is 9.67. The summed E-state index contributed by atoms with van der Waals surface area (Å²) in [4.78, 5) is 16.0. The molecule has 0 spiro atoms. The minimum Gasteiger partial charge on any atom is -0.352 e. The summed E-state index contributed by atoms with van der Waals surface area (Å²) in [5.74, 6) is 0.131. The summed E-state index contributed by atoms with van der Waals surface area (Å²) < 4.78 is 26.6. The fourth-order valence-electron chi connectivity index (χ4n) is 2.39. The summed E-state index contributed by atoms with van der Waals surface area (Å²) >= 11 is 1.61. The molecule has 3 N–H and O–H groups in total. The number of anilines is 1. The molecule has 0 atom stereocenters. The third kappa shape index (κ3) is 6.90. The van der Waals surface area contributed by atoms with Crippen molar-refractivity contribution in [2.75, 3.05) is 25.2 Å². The van der Waals surface area contributed by atoms with Gasteiger partial charge in [0, 0.05) is 25.0 Å². The van der Waals surface area contributed by atoms with Crippen molar-refractivity contribution in [1.82, 2.24) is 10.6 Å². The lowest BCUT2D eigenvalue weighted by molar-refractivity contribution is -0.115. The highest BCUT2D eigenvalue weighted by Gasteiger charge is 2.07. The van der Waals surface area contributed by atoms with E-state index in [0.717, 1.165) is 11.1 Å². The molecule has 0 radical (unpaired) electrons. The van der Waals surface area contributed by atoms with Gasteiger partial charge in [-0.25, -0.2) is 8.78 Å². The van der Waals surface area contributed by atoms with Gasteiger partial charge in [0.05, 0.1) is 6.54 Å². The van der Waals surface area contributed by atoms with Crippen molar-refractivity contribution in [3.8, 4) is 0 Å². The molecule has 0 heterocycles. The lowest BCUT2D eigenvalue weighted by Gasteiger charge is -2.14. The van der Waals surface area contributed by atoms with Crippen LogP contribution in [0.2, 0.25) is 0 Å². The normalized spacial score (nSPS) is 11.2. The highest BCUT2D eigenvalue weighted by molar-refractivity contribution is 7.97. The van der Waals surface area contributed by atoms with Gasteiger partial charge < -0.3 is 16.0 Å². The van der Waals surface area contributed by atoms with E-state index in [9.17, 15) is 13.6 Å². The standard InChI is InChI=1S/C19H22F2N4OS/c1-22-19(23-10-13-6-7-16(21)8-14(13)12-27-2)24-11-18(26)25-17-5-3-4-15(20)9-17/h3-9H,10-12H2,1-2H3,(H,25,26)(H2,22,23,24). The zero-order chi connectivity index (χ0) is 19.6. The molecule has 2 aromatic rings. The third-order valence-electron chi connectivity index (χ3n) is 3.66. The van der Waals surface area contributed by atoms with E-state index in [0.29, 0.717) is 23.9 Å². The third-order valence-corrected chi connectivity index (χ3v) is 4.26. The number of guanidine groups is 1. The van der Waals surface area contributed by atoms with E-state index in [1.807, 2.05) is 6.26 Å². The molecule has 0 aliphatic carbocycles. The van der Waals surface area contributed by atoms with E-state index >= 15 is 0 Å². The molecule has 0 saturated heterocycles. The number of amides is 1. The molecule has 0 unspecified atom stereocenters. The van der Waals surface area contributed by atoms with Gasteiger partial charge in [-0.2, -0.15) is 11.8 Å². The quantitative estimate of drug-likeness (QED) is 0.500. The van der Waals surface area contributed by atoms with Crippen molar-refractivity contribution in [2.24, 2.45) is 4.99 Å². The summed E-state index contributed by atoms with van der Waals surface area (Å²) in [6, 6.07) is 10.4. The Kier molecular flexibility index (Phi) is 8.06. The van der Waals surface area contributed by atoms with Crippen LogP contribution in [0.25, 0.3) is 0 Å². The van der Waals surface area contributed by atoms with E-state index in [4.69, 9.17) is 0 Å². The van der Waals surface area contributed by atoms with E-state index in [1.54, 1.807) is 30.9 Å². The van der Waals surface area contributed by atoms with Crippen molar-refractivity contribution < 1.29 is 13.6 Å². The van der Waals surface area contributed by atoms with Crippen LogP contribution in [0.15, 0.2) is 47.5 Å². The Labute approximate surface area is 161 Å². The summed E-state index contributed by atoms with van der Waals surface area (Å²) in [5, 5.41) is 8.59. The SMILES string of the molecule is CN=C(NCC(=O)Nc1cccc(F)c1)NCc1ccc(F)cc1CSC. The predicted octanol–water partition coefficient (Wildman–Crippen LogP) is 3.13. The van der Waals surface area contributed by atoms with Crippen LogP contribution in [-0.2, 0) is 17.1 Å². The van der Waals surface area contributed by atoms with Gasteiger partial charge in [-0.15, -0.1) is 0 Å². The van der Waals surface area contributed by atoms with Crippen LogP contribution in [-0.4, -0.2) is 31.7 Å². The number of carbonyl (C=O) groups is 1. The second-order valence-corrected chi connectivity index (χ2v) is 6.55. The zero-order valence-electron chi connectivity index (χ0n) is 15.2. The summed E-state index contributed by atoms with van der Waals surface area (Å²) in [5.41, 5.74) is 2.25. The number of halogens is 2. The maximum Gasteiger partial charge on any atom is 0.243 e. The molecule has 0 aliphatic heterocycles. The van der Waals surface area contributed by atoms with Crippen molar-refractivity contribution in [2.45, 2.75) is 12.3 Å². The molecule has 2 rings (SSSR count). The highest BCUT2D eigenvalue weighted by Crippen LogP contribution is 2.16. The first-order chi connectivity index (χ1) is 13.0. The minimum atomic E-state index is -0.418. The monoisotopic (exact) mass is 392 g/mol. The lowest BCUT2D eigenvalue weighted by Crippen LogP contribution is -2.41. The lowest BCUT2D eigenvalue weighted by atomic mass is 10.1. The van der Waals surface area contributed by atoms with Crippen LogP contribution in [0.3, 0.4) is 0 Å². The van der Waals surface area contributed by atoms with Crippen molar-refractivity contribution in [3.05, 3.63) is 65.2 Å². The molecule has 0 saturated carbocycles. The first kappa shape index (κ1) is 20.7. The van der Waals surface area contributed by atoms with E-state index < -0.39 is 5.82 Å². The zero-order valence-corrected chi connectivity index (χ0v) is 16.0. The number of benzene rings is 2.